The van der Waals surface area contributed by atoms with Gasteiger partial charge in [-0.25, -0.2) is 4.98 Å². The van der Waals surface area contributed by atoms with Gasteiger partial charge in [-0.1, -0.05) is 167 Å². The van der Waals surface area contributed by atoms with E-state index in [-0.39, 0.29) is 48.7 Å². The molecule has 9 heteroatoms. The SMILES string of the molecule is CC(C)C[C@H](NC(=O)[C@@H](CC(=O)OCC1c2ccccc2-c2ccccc21)Cc1cn(C(c2ccccc2)(c2ccccc2)c2ccccc2)cn1)B1O[C@@H]2C[C@@H]3C[C@@H](C3(C)C)[C@]2(C)O1. The van der Waals surface area contributed by atoms with E-state index in [1.807, 2.05) is 55.0 Å². The number of fused-ring (bicyclic) bond motifs is 3. The molecule has 3 saturated carbocycles. The van der Waals surface area contributed by atoms with Crippen LogP contribution in [0, 0.1) is 29.1 Å². The molecule has 11 rings (SSSR count). The Balaban J connectivity index is 0.961. The van der Waals surface area contributed by atoms with Crippen molar-refractivity contribution in [2.45, 2.75) is 95.8 Å². The minimum absolute atomic E-state index is 0.0180. The highest BCUT2D eigenvalue weighted by atomic mass is 16.7. The Morgan fingerprint density at radius 3 is 1.91 bits per heavy atom. The molecule has 8 nitrogen and oxygen atoms in total. The molecule has 4 fully saturated rings. The van der Waals surface area contributed by atoms with Crippen LogP contribution in [-0.2, 0) is 35.6 Å². The summed E-state index contributed by atoms with van der Waals surface area (Å²) in [5.74, 6) is -0.689. The third-order valence-corrected chi connectivity index (χ3v) is 15.6. The monoisotopic (exact) mass is 865 g/mol. The Bertz CT molecular complexity index is 2510. The van der Waals surface area contributed by atoms with Gasteiger partial charge in [0.05, 0.1) is 42.0 Å². The third-order valence-electron chi connectivity index (χ3n) is 15.6. The summed E-state index contributed by atoms with van der Waals surface area (Å²) in [6.45, 7) is 11.4. The smallest absolute Gasteiger partial charge is 0.465 e. The second-order valence-corrected chi connectivity index (χ2v) is 20.2. The minimum atomic E-state index is -0.783. The molecule has 1 saturated heterocycles. The molecule has 0 radical (unpaired) electrons. The van der Waals surface area contributed by atoms with Crippen LogP contribution in [0.15, 0.2) is 152 Å². The Hall–Kier alpha value is -5.77. The van der Waals surface area contributed by atoms with E-state index < -0.39 is 36.1 Å². The van der Waals surface area contributed by atoms with E-state index >= 15 is 0 Å². The van der Waals surface area contributed by atoms with Crippen molar-refractivity contribution in [2.75, 3.05) is 6.61 Å². The summed E-state index contributed by atoms with van der Waals surface area (Å²) in [4.78, 5) is 34.2. The number of aromatic nitrogens is 2. The molecule has 65 heavy (non-hydrogen) atoms. The van der Waals surface area contributed by atoms with Crippen LogP contribution in [0.4, 0.5) is 0 Å². The Kier molecular flexibility index (Phi) is 11.4. The summed E-state index contributed by atoms with van der Waals surface area (Å²) < 4.78 is 22.1. The summed E-state index contributed by atoms with van der Waals surface area (Å²) in [7, 11) is -0.593. The van der Waals surface area contributed by atoms with E-state index in [0.29, 0.717) is 24.0 Å². The van der Waals surface area contributed by atoms with Crippen molar-refractivity contribution in [1.29, 1.82) is 0 Å². The molecule has 0 unspecified atom stereocenters. The van der Waals surface area contributed by atoms with Gasteiger partial charge in [0.15, 0.2) is 0 Å². The fraction of sp³-hybridized carbons (Fsp3) is 0.375. The molecule has 1 aliphatic heterocycles. The average molecular weight is 866 g/mol. The van der Waals surface area contributed by atoms with Gasteiger partial charge in [-0.2, -0.15) is 0 Å². The molecule has 1 amide bonds. The summed E-state index contributed by atoms with van der Waals surface area (Å²) in [6, 6.07) is 48.0. The number of nitrogens with one attached hydrogen (secondary N) is 1. The molecule has 2 heterocycles. The van der Waals surface area contributed by atoms with E-state index in [1.54, 1.807) is 0 Å². The number of hydrogen-bond donors (Lipinski definition) is 1. The first-order chi connectivity index (χ1) is 31.5. The predicted octanol–water partition coefficient (Wildman–Crippen LogP) is 10.4. The standard InChI is InChI=1S/C56H60BN3O5/c1-37(2)29-51(57-64-50-33-42-32-49(54(42,3)4)55(50,5)65-57)59-53(62)38(31-52(61)63-35-48-46-27-17-15-25-44(46)45-26-16-18-28-47(45)48)30-43-34-60(36-58-43)56(39-19-9-6-10-20-39,40-21-11-7-12-22-40)41-23-13-8-14-24-41/h6-28,34,36-38,42,48-51H,29-33,35H2,1-5H3,(H,59,62)/t38-,42+,49+,50-,51+,55+/m1/s1. The highest BCUT2D eigenvalue weighted by molar-refractivity contribution is 6.47. The molecule has 2 bridgehead atoms. The predicted molar refractivity (Wildman–Crippen MR) is 255 cm³/mol. The molecular formula is C56H60BN3O5. The van der Waals surface area contributed by atoms with Gasteiger partial charge in [0, 0.05) is 18.5 Å². The van der Waals surface area contributed by atoms with Crippen molar-refractivity contribution in [3.8, 4) is 11.1 Å². The molecular weight excluding hydrogens is 805 g/mol. The van der Waals surface area contributed by atoms with Crippen LogP contribution in [0.3, 0.4) is 0 Å². The van der Waals surface area contributed by atoms with Gasteiger partial charge < -0.3 is 23.9 Å². The zero-order valence-electron chi connectivity index (χ0n) is 38.2. The van der Waals surface area contributed by atoms with Crippen LogP contribution in [0.1, 0.15) is 99.7 Å². The molecule has 6 atom stereocenters. The molecule has 1 N–H and O–H groups in total. The van der Waals surface area contributed by atoms with Crippen LogP contribution in [0.2, 0.25) is 0 Å². The number of benzene rings is 5. The number of imidazole rings is 1. The molecule has 332 valence electrons. The van der Waals surface area contributed by atoms with Crippen molar-refractivity contribution < 1.29 is 23.6 Å². The van der Waals surface area contributed by atoms with Crippen LogP contribution in [0.25, 0.3) is 11.1 Å². The summed E-state index contributed by atoms with van der Waals surface area (Å²) in [5.41, 5.74) is 7.50. The maximum Gasteiger partial charge on any atom is 0.481 e. The fourth-order valence-electron chi connectivity index (χ4n) is 12.1. The van der Waals surface area contributed by atoms with E-state index in [2.05, 4.69) is 142 Å². The van der Waals surface area contributed by atoms with Gasteiger partial charge in [0.2, 0.25) is 5.91 Å². The van der Waals surface area contributed by atoms with Crippen LogP contribution >= 0.6 is 0 Å². The van der Waals surface area contributed by atoms with Crippen molar-refractivity contribution in [1.82, 2.24) is 14.9 Å². The summed E-state index contributed by atoms with van der Waals surface area (Å²) in [6.07, 6.45) is 6.76. The maximum atomic E-state index is 15.0. The average Bonchev–Trinajstić information content (AvgIpc) is 4.03. The topological polar surface area (TPSA) is 91.7 Å². The lowest BCUT2D eigenvalue weighted by atomic mass is 9.43. The van der Waals surface area contributed by atoms with Crippen molar-refractivity contribution >= 4 is 19.0 Å². The van der Waals surface area contributed by atoms with Gasteiger partial charge in [-0.3, -0.25) is 9.59 Å². The molecule has 5 aliphatic rings. The zero-order valence-corrected chi connectivity index (χ0v) is 38.2. The van der Waals surface area contributed by atoms with Crippen LogP contribution < -0.4 is 5.32 Å². The molecule has 1 aromatic heterocycles. The number of hydrogen-bond acceptors (Lipinski definition) is 6. The van der Waals surface area contributed by atoms with Crippen LogP contribution in [0.5, 0.6) is 0 Å². The Morgan fingerprint density at radius 2 is 1.35 bits per heavy atom. The zero-order chi connectivity index (χ0) is 44.9. The molecule has 6 aromatic rings. The number of carbonyl (C=O) groups excluding carboxylic acids is 2. The number of carbonyl (C=O) groups is 2. The number of esters is 1. The largest absolute Gasteiger partial charge is 0.481 e. The highest BCUT2D eigenvalue weighted by Gasteiger charge is 2.68. The Morgan fingerprint density at radius 1 is 0.800 bits per heavy atom. The van der Waals surface area contributed by atoms with E-state index in [9.17, 15) is 9.59 Å². The lowest BCUT2D eigenvalue weighted by Gasteiger charge is -2.64. The Labute approximate surface area is 384 Å². The molecule has 4 aliphatic carbocycles. The van der Waals surface area contributed by atoms with Crippen molar-refractivity contribution in [3.63, 3.8) is 0 Å². The number of amides is 1. The first-order valence-electron chi connectivity index (χ1n) is 23.6. The van der Waals surface area contributed by atoms with Gasteiger partial charge in [-0.15, -0.1) is 0 Å². The van der Waals surface area contributed by atoms with E-state index in [4.69, 9.17) is 19.0 Å². The van der Waals surface area contributed by atoms with Gasteiger partial charge in [-0.05, 0) is 88.3 Å². The summed E-state index contributed by atoms with van der Waals surface area (Å²) in [5, 5.41) is 3.40. The van der Waals surface area contributed by atoms with Crippen LogP contribution in [-0.4, -0.2) is 52.8 Å². The minimum Gasteiger partial charge on any atom is -0.465 e. The van der Waals surface area contributed by atoms with Crippen molar-refractivity contribution in [2.24, 2.45) is 29.1 Å². The second-order valence-electron chi connectivity index (χ2n) is 20.2. The van der Waals surface area contributed by atoms with E-state index in [0.717, 1.165) is 51.8 Å². The molecule has 0 spiro atoms. The van der Waals surface area contributed by atoms with Gasteiger partial charge in [0.25, 0.3) is 0 Å². The normalized spacial score (nSPS) is 22.6. The summed E-state index contributed by atoms with van der Waals surface area (Å²) >= 11 is 0. The fourth-order valence-corrected chi connectivity index (χ4v) is 12.1. The number of nitrogens with zero attached hydrogens (tertiary/aromatic N) is 2. The first kappa shape index (κ1) is 43.1. The number of rotatable bonds is 15. The lowest BCUT2D eigenvalue weighted by Crippen LogP contribution is -2.65. The van der Waals surface area contributed by atoms with Gasteiger partial charge in [0.1, 0.15) is 12.1 Å². The number of ether oxygens (including phenoxy) is 1. The van der Waals surface area contributed by atoms with Crippen molar-refractivity contribution in [3.05, 3.63) is 186 Å². The third kappa shape index (κ3) is 7.64. The second kappa shape index (κ2) is 17.2. The van der Waals surface area contributed by atoms with E-state index in [1.165, 1.54) is 0 Å². The lowest BCUT2D eigenvalue weighted by molar-refractivity contribution is -0.199. The first-order valence-corrected chi connectivity index (χ1v) is 23.6. The highest BCUT2D eigenvalue weighted by Crippen LogP contribution is 2.66. The maximum absolute atomic E-state index is 15.0. The quantitative estimate of drug-likeness (QED) is 0.0628. The molecule has 5 aromatic carbocycles. The van der Waals surface area contributed by atoms with Gasteiger partial charge >= 0.3 is 13.1 Å².